The molecular formula is C15H15FN2OS. The summed E-state index contributed by atoms with van der Waals surface area (Å²) in [5.74, 6) is -0.362. The highest BCUT2D eigenvalue weighted by molar-refractivity contribution is 7.10. The fourth-order valence-corrected chi connectivity index (χ4v) is 2.99. The first-order valence-electron chi connectivity index (χ1n) is 6.19. The van der Waals surface area contributed by atoms with Crippen LogP contribution in [0.4, 0.5) is 4.39 Å². The van der Waals surface area contributed by atoms with E-state index in [-0.39, 0.29) is 17.4 Å². The molecule has 0 radical (unpaired) electrons. The number of thiophene rings is 1. The van der Waals surface area contributed by atoms with Gasteiger partial charge in [0.2, 0.25) is 0 Å². The molecule has 3 nitrogen and oxygen atoms in total. The van der Waals surface area contributed by atoms with Crippen LogP contribution in [0, 0.1) is 24.1 Å². The summed E-state index contributed by atoms with van der Waals surface area (Å²) in [6, 6.07) is 7.88. The first kappa shape index (κ1) is 14.5. The number of nitriles is 1. The summed E-state index contributed by atoms with van der Waals surface area (Å²) in [6.45, 7) is 3.80. The Morgan fingerprint density at radius 1 is 1.40 bits per heavy atom. The van der Waals surface area contributed by atoms with Crippen LogP contribution in [0.1, 0.15) is 29.0 Å². The minimum absolute atomic E-state index is 0.0904. The average Bonchev–Trinajstić information content (AvgIpc) is 2.82. The molecular weight excluding hydrogens is 275 g/mol. The summed E-state index contributed by atoms with van der Waals surface area (Å²) in [7, 11) is 0. The Hall–Kier alpha value is -1.90. The number of aryl methyl sites for hydroxylation is 1. The highest BCUT2D eigenvalue weighted by Crippen LogP contribution is 2.32. The second-order valence-corrected chi connectivity index (χ2v) is 5.54. The molecule has 0 aliphatic heterocycles. The van der Waals surface area contributed by atoms with Gasteiger partial charge in [0.05, 0.1) is 0 Å². The molecule has 0 saturated carbocycles. The molecule has 1 aromatic carbocycles. The molecule has 1 heterocycles. The van der Waals surface area contributed by atoms with Crippen molar-refractivity contribution in [3.05, 3.63) is 51.5 Å². The minimum Gasteiger partial charge on any atom is -0.482 e. The predicted octanol–water partition coefficient (Wildman–Crippen LogP) is 3.53. The summed E-state index contributed by atoms with van der Waals surface area (Å²) >= 11 is 1.54. The minimum atomic E-state index is -0.587. The third-order valence-corrected chi connectivity index (χ3v) is 4.06. The molecule has 0 saturated heterocycles. The Bertz CT molecular complexity index is 646. The molecule has 5 heteroatoms. The van der Waals surface area contributed by atoms with E-state index in [1.807, 2.05) is 31.4 Å². The number of halogens is 1. The molecule has 2 N–H and O–H groups in total. The Balaban J connectivity index is 2.38. The number of ether oxygens (including phenoxy) is 1. The zero-order valence-electron chi connectivity index (χ0n) is 11.3. The van der Waals surface area contributed by atoms with Crippen molar-refractivity contribution in [3.63, 3.8) is 0 Å². The number of nitrogens with two attached hydrogens (primary N) is 1. The summed E-state index contributed by atoms with van der Waals surface area (Å²) in [5.41, 5.74) is 6.96. The van der Waals surface area contributed by atoms with Gasteiger partial charge in [-0.1, -0.05) is 6.07 Å². The van der Waals surface area contributed by atoms with E-state index in [0.29, 0.717) is 0 Å². The van der Waals surface area contributed by atoms with Crippen molar-refractivity contribution in [2.75, 3.05) is 0 Å². The number of hydrogen-bond donors (Lipinski definition) is 1. The van der Waals surface area contributed by atoms with Crippen molar-refractivity contribution < 1.29 is 9.13 Å². The van der Waals surface area contributed by atoms with Gasteiger partial charge >= 0.3 is 0 Å². The van der Waals surface area contributed by atoms with E-state index in [0.717, 1.165) is 10.4 Å². The van der Waals surface area contributed by atoms with Crippen LogP contribution in [0.5, 0.6) is 5.75 Å². The van der Waals surface area contributed by atoms with Gasteiger partial charge in [-0.2, -0.15) is 5.26 Å². The molecule has 0 fully saturated rings. The third kappa shape index (κ3) is 2.82. The third-order valence-electron chi connectivity index (χ3n) is 2.98. The highest BCUT2D eigenvalue weighted by Gasteiger charge is 2.23. The first-order valence-corrected chi connectivity index (χ1v) is 7.07. The summed E-state index contributed by atoms with van der Waals surface area (Å²) in [5, 5.41) is 11.0. The van der Waals surface area contributed by atoms with E-state index in [1.165, 1.54) is 12.1 Å². The highest BCUT2D eigenvalue weighted by atomic mass is 32.1. The smallest absolute Gasteiger partial charge is 0.148 e. The van der Waals surface area contributed by atoms with E-state index in [4.69, 9.17) is 15.7 Å². The largest absolute Gasteiger partial charge is 0.482 e. The van der Waals surface area contributed by atoms with Gasteiger partial charge in [-0.25, -0.2) is 4.39 Å². The Morgan fingerprint density at radius 3 is 2.70 bits per heavy atom. The Kier molecular flexibility index (Phi) is 4.38. The molecule has 2 atom stereocenters. The molecule has 104 valence electrons. The molecule has 0 amide bonds. The van der Waals surface area contributed by atoms with Crippen LogP contribution >= 0.6 is 11.3 Å². The molecule has 0 aliphatic carbocycles. The van der Waals surface area contributed by atoms with E-state index in [2.05, 4.69) is 0 Å². The van der Waals surface area contributed by atoms with Gasteiger partial charge in [0, 0.05) is 10.9 Å². The average molecular weight is 290 g/mol. The van der Waals surface area contributed by atoms with Gasteiger partial charge < -0.3 is 10.5 Å². The summed E-state index contributed by atoms with van der Waals surface area (Å²) in [4.78, 5) is 0.994. The summed E-state index contributed by atoms with van der Waals surface area (Å²) in [6.07, 6.45) is -0.399. The van der Waals surface area contributed by atoms with Crippen LogP contribution in [0.15, 0.2) is 29.6 Å². The van der Waals surface area contributed by atoms with Crippen molar-refractivity contribution >= 4 is 11.3 Å². The maximum absolute atomic E-state index is 13.6. The normalized spacial score (nSPS) is 13.6. The quantitative estimate of drug-likeness (QED) is 0.937. The lowest BCUT2D eigenvalue weighted by molar-refractivity contribution is 0.182. The van der Waals surface area contributed by atoms with E-state index >= 15 is 0 Å². The monoisotopic (exact) mass is 290 g/mol. The maximum Gasteiger partial charge on any atom is 0.148 e. The van der Waals surface area contributed by atoms with Gasteiger partial charge in [0.25, 0.3) is 0 Å². The van der Waals surface area contributed by atoms with Crippen LogP contribution in [-0.4, -0.2) is 6.04 Å². The first-order chi connectivity index (χ1) is 9.54. The molecule has 0 aliphatic rings. The van der Waals surface area contributed by atoms with Gasteiger partial charge in [-0.05, 0) is 43.0 Å². The molecule has 2 aromatic rings. The second-order valence-electron chi connectivity index (χ2n) is 4.59. The van der Waals surface area contributed by atoms with Gasteiger partial charge in [-0.3, -0.25) is 0 Å². The standard InChI is InChI=1S/C15H15FN2OS/c1-9-6-7-20-15(9)14(10(2)18)19-13-5-3-4-12(16)11(13)8-17/h3-7,10,14H,18H2,1-2H3. The molecule has 2 unspecified atom stereocenters. The number of nitrogens with zero attached hydrogens (tertiary/aromatic N) is 1. The van der Waals surface area contributed by atoms with Crippen LogP contribution in [-0.2, 0) is 0 Å². The van der Waals surface area contributed by atoms with Crippen LogP contribution in [0.2, 0.25) is 0 Å². The fourth-order valence-electron chi connectivity index (χ4n) is 1.92. The van der Waals surface area contributed by atoms with Gasteiger partial charge in [-0.15, -0.1) is 11.3 Å². The van der Waals surface area contributed by atoms with Crippen molar-refractivity contribution in [3.8, 4) is 11.8 Å². The molecule has 0 spiro atoms. The van der Waals surface area contributed by atoms with E-state index in [9.17, 15) is 4.39 Å². The lowest BCUT2D eigenvalue weighted by Gasteiger charge is -2.23. The zero-order valence-corrected chi connectivity index (χ0v) is 12.1. The second kappa shape index (κ2) is 6.04. The molecule has 1 aromatic heterocycles. The van der Waals surface area contributed by atoms with Crippen molar-refractivity contribution in [1.82, 2.24) is 0 Å². The Labute approximate surface area is 121 Å². The fraction of sp³-hybridized carbons (Fsp3) is 0.267. The maximum atomic E-state index is 13.6. The number of rotatable bonds is 4. The topological polar surface area (TPSA) is 59.0 Å². The van der Waals surface area contributed by atoms with E-state index in [1.54, 1.807) is 17.4 Å². The summed E-state index contributed by atoms with van der Waals surface area (Å²) < 4.78 is 19.4. The van der Waals surface area contributed by atoms with Crippen molar-refractivity contribution in [2.45, 2.75) is 26.0 Å². The van der Waals surface area contributed by atoms with Gasteiger partial charge in [0.1, 0.15) is 29.3 Å². The van der Waals surface area contributed by atoms with Crippen LogP contribution in [0.25, 0.3) is 0 Å². The number of hydrogen-bond acceptors (Lipinski definition) is 4. The van der Waals surface area contributed by atoms with Crippen molar-refractivity contribution in [1.29, 1.82) is 5.26 Å². The zero-order chi connectivity index (χ0) is 14.7. The SMILES string of the molecule is Cc1ccsc1C(Oc1cccc(F)c1C#N)C(C)N. The predicted molar refractivity (Wildman–Crippen MR) is 77.2 cm³/mol. The van der Waals surface area contributed by atoms with E-state index < -0.39 is 11.9 Å². The lowest BCUT2D eigenvalue weighted by atomic mass is 10.1. The van der Waals surface area contributed by atoms with Crippen LogP contribution in [0.3, 0.4) is 0 Å². The van der Waals surface area contributed by atoms with Gasteiger partial charge in [0.15, 0.2) is 0 Å². The number of benzene rings is 1. The van der Waals surface area contributed by atoms with Crippen LogP contribution < -0.4 is 10.5 Å². The molecule has 0 bridgehead atoms. The lowest BCUT2D eigenvalue weighted by Crippen LogP contribution is -2.29. The molecule has 20 heavy (non-hydrogen) atoms. The molecule has 2 rings (SSSR count). The Morgan fingerprint density at radius 2 is 2.15 bits per heavy atom. The van der Waals surface area contributed by atoms with Crippen molar-refractivity contribution in [2.24, 2.45) is 5.73 Å².